The van der Waals surface area contributed by atoms with Crippen LogP contribution in [0.2, 0.25) is 5.28 Å². The van der Waals surface area contributed by atoms with Crippen LogP contribution in [0, 0.1) is 0 Å². The molecular weight excluding hydrogens is 1080 g/mol. The zero-order chi connectivity index (χ0) is 57.8. The average molecular weight is 1130 g/mol. The van der Waals surface area contributed by atoms with Gasteiger partial charge in [-0.25, -0.2) is 19.9 Å². The number of halogens is 1. The summed E-state index contributed by atoms with van der Waals surface area (Å²) in [5, 5.41) is 18.3. The molecule has 17 aromatic rings. The van der Waals surface area contributed by atoms with E-state index in [4.69, 9.17) is 21.6 Å². The molecule has 0 saturated heterocycles. The molecule has 0 unspecified atom stereocenters. The van der Waals surface area contributed by atoms with Gasteiger partial charge in [-0.2, -0.15) is 0 Å². The van der Waals surface area contributed by atoms with Gasteiger partial charge < -0.3 is 0 Å². The number of hydrogen-bond donors (Lipinski definition) is 0. The van der Waals surface area contributed by atoms with Gasteiger partial charge in [0.25, 0.3) is 0 Å². The Balaban J connectivity index is 0.000000117. The molecule has 408 valence electrons. The second-order valence-electron chi connectivity index (χ2n) is 22.1. The first-order valence-electron chi connectivity index (χ1n) is 29.4. The van der Waals surface area contributed by atoms with E-state index in [1.54, 1.807) is 0 Å². The largest absolute Gasteiger partial charge is 0.277 e. The number of fused-ring (bicyclic) bond motifs is 20. The molecule has 0 atom stereocenters. The molecule has 14 aromatic carbocycles. The molecule has 0 bridgehead atoms. The molecule has 18 rings (SSSR count). The Bertz CT molecular complexity index is 5380. The third kappa shape index (κ3) is 9.12. The van der Waals surface area contributed by atoms with E-state index in [1.807, 2.05) is 78.9 Å². The van der Waals surface area contributed by atoms with Crippen molar-refractivity contribution in [3.8, 4) is 62.1 Å². The molecular formula is C81H52ClN5. The first kappa shape index (κ1) is 51.5. The number of rotatable bonds is 5. The van der Waals surface area contributed by atoms with Gasteiger partial charge >= 0.3 is 0 Å². The van der Waals surface area contributed by atoms with Crippen molar-refractivity contribution < 1.29 is 0 Å². The summed E-state index contributed by atoms with van der Waals surface area (Å²) >= 11 is 6.03. The van der Waals surface area contributed by atoms with Gasteiger partial charge in [-0.15, -0.1) is 0 Å². The normalized spacial score (nSPS) is 11.7. The number of aromatic nitrogens is 5. The lowest BCUT2D eigenvalue weighted by Gasteiger charge is -2.14. The topological polar surface area (TPSA) is 56.5 Å². The maximum atomic E-state index is 6.03. The van der Waals surface area contributed by atoms with Crippen molar-refractivity contribution in [3.63, 3.8) is 0 Å². The minimum atomic E-state index is 0.264. The highest BCUT2D eigenvalue weighted by atomic mass is 35.5. The predicted molar refractivity (Wildman–Crippen MR) is 365 cm³/mol. The molecule has 3 aromatic heterocycles. The Morgan fingerprint density at radius 1 is 0.299 bits per heavy atom. The minimum Gasteiger partial charge on any atom is -0.277 e. The third-order valence-electron chi connectivity index (χ3n) is 17.1. The number of nitrogens with zero attached hydrogens (tertiary/aromatic N) is 5. The molecule has 0 amide bonds. The minimum absolute atomic E-state index is 0.264. The fraction of sp³-hybridized carbons (Fsp3) is 0.0123. The van der Waals surface area contributed by atoms with Crippen LogP contribution in [0.25, 0.3) is 149 Å². The zero-order valence-corrected chi connectivity index (χ0v) is 47.9. The van der Waals surface area contributed by atoms with Crippen molar-refractivity contribution in [1.82, 2.24) is 24.5 Å². The zero-order valence-electron chi connectivity index (χ0n) is 47.2. The van der Waals surface area contributed by atoms with Crippen molar-refractivity contribution in [2.75, 3.05) is 0 Å². The molecule has 87 heavy (non-hydrogen) atoms. The van der Waals surface area contributed by atoms with Crippen LogP contribution in [0.5, 0.6) is 0 Å². The van der Waals surface area contributed by atoms with Crippen LogP contribution in [0.1, 0.15) is 11.1 Å². The highest BCUT2D eigenvalue weighted by molar-refractivity contribution is 6.36. The SMILES string of the molecule is Clc1nc(-c2ccccc2)cc(-c2ccccc2)n1.c1ccc(-c2cc(-c3ccccc3)nc(-n3c4ccccc4c4c5ccccc5c5c6ccccc6ccc5c43)n2)cc1.c1ccc2c(c1)Cc1c-2c2ccccc2c2c1ccc1ccccc12. The Kier molecular flexibility index (Phi) is 12.9. The van der Waals surface area contributed by atoms with E-state index in [0.29, 0.717) is 5.95 Å². The van der Waals surface area contributed by atoms with Crippen LogP contribution >= 0.6 is 11.6 Å². The van der Waals surface area contributed by atoms with E-state index in [0.717, 1.165) is 62.5 Å². The van der Waals surface area contributed by atoms with Gasteiger partial charge in [-0.1, -0.05) is 285 Å². The van der Waals surface area contributed by atoms with E-state index >= 15 is 0 Å². The highest BCUT2D eigenvalue weighted by Crippen LogP contribution is 2.48. The molecule has 1 aliphatic rings. The molecule has 0 N–H and O–H groups in total. The van der Waals surface area contributed by atoms with E-state index in [1.165, 1.54) is 97.7 Å². The Morgan fingerprint density at radius 2 is 0.690 bits per heavy atom. The quantitative estimate of drug-likeness (QED) is 0.127. The molecule has 6 heteroatoms. The fourth-order valence-corrected chi connectivity index (χ4v) is 13.4. The molecule has 5 nitrogen and oxygen atoms in total. The van der Waals surface area contributed by atoms with Gasteiger partial charge in [0.05, 0.1) is 33.8 Å². The average Bonchev–Trinajstić information content (AvgIpc) is 1.67. The summed E-state index contributed by atoms with van der Waals surface area (Å²) in [6.45, 7) is 0. The van der Waals surface area contributed by atoms with Crippen LogP contribution in [0.3, 0.4) is 0 Å². The van der Waals surface area contributed by atoms with Crippen LogP contribution < -0.4 is 0 Å². The Hall–Kier alpha value is -11.1. The Morgan fingerprint density at radius 3 is 1.23 bits per heavy atom. The van der Waals surface area contributed by atoms with Crippen molar-refractivity contribution in [2.24, 2.45) is 0 Å². The Labute approximate surface area is 507 Å². The van der Waals surface area contributed by atoms with Gasteiger partial charge in [-0.05, 0) is 118 Å². The van der Waals surface area contributed by atoms with Crippen LogP contribution in [-0.2, 0) is 6.42 Å². The third-order valence-corrected chi connectivity index (χ3v) is 17.3. The van der Waals surface area contributed by atoms with Gasteiger partial charge in [0.15, 0.2) is 0 Å². The molecule has 0 spiro atoms. The smallest absolute Gasteiger partial charge is 0.235 e. The second kappa shape index (κ2) is 21.8. The van der Waals surface area contributed by atoms with Crippen molar-refractivity contribution in [3.05, 3.63) is 320 Å². The lowest BCUT2D eigenvalue weighted by atomic mass is 9.89. The number of para-hydroxylation sites is 1. The summed E-state index contributed by atoms with van der Waals surface area (Å²) in [5.74, 6) is 0.663. The lowest BCUT2D eigenvalue weighted by molar-refractivity contribution is 0.998. The van der Waals surface area contributed by atoms with E-state index in [-0.39, 0.29) is 5.28 Å². The molecule has 0 aliphatic heterocycles. The first-order valence-corrected chi connectivity index (χ1v) is 29.8. The van der Waals surface area contributed by atoms with E-state index in [9.17, 15) is 0 Å². The van der Waals surface area contributed by atoms with Crippen LogP contribution in [0.4, 0.5) is 0 Å². The van der Waals surface area contributed by atoms with Gasteiger partial charge in [0.1, 0.15) is 0 Å². The summed E-state index contributed by atoms with van der Waals surface area (Å²) in [6.07, 6.45) is 1.03. The molecule has 1 aliphatic carbocycles. The maximum Gasteiger partial charge on any atom is 0.235 e. The molecule has 0 radical (unpaired) electrons. The summed E-state index contributed by atoms with van der Waals surface area (Å²) < 4.78 is 2.28. The van der Waals surface area contributed by atoms with Crippen molar-refractivity contribution in [2.45, 2.75) is 6.42 Å². The summed E-state index contributed by atoms with van der Waals surface area (Å²) in [6, 6.07) is 107. The van der Waals surface area contributed by atoms with Crippen molar-refractivity contribution >= 4 is 98.0 Å². The summed E-state index contributed by atoms with van der Waals surface area (Å²) in [5.41, 5.74) is 15.6. The highest BCUT2D eigenvalue weighted by Gasteiger charge is 2.25. The fourth-order valence-electron chi connectivity index (χ4n) is 13.3. The second-order valence-corrected chi connectivity index (χ2v) is 22.4. The first-order chi connectivity index (χ1) is 43.1. The summed E-state index contributed by atoms with van der Waals surface area (Å²) in [4.78, 5) is 19.1. The van der Waals surface area contributed by atoms with E-state index in [2.05, 4.69) is 239 Å². The van der Waals surface area contributed by atoms with Crippen LogP contribution in [-0.4, -0.2) is 24.5 Å². The van der Waals surface area contributed by atoms with Crippen LogP contribution in [0.15, 0.2) is 303 Å². The number of benzene rings is 14. The standard InChI is InChI=1S/C40H25N3.C25H16.C16H11ClN2/c1-3-14-27(15-4-1)34-25-35(28-16-5-2-6-17-28)42-40(41-34)43-36-22-12-11-21-32(36)38-31-20-10-9-19-30(31)37-29-18-8-7-13-26(29)23-24-33(37)39(38)43;1-3-9-18-16(7-1)13-14-22-23-15-17-8-2-4-10-19(17)25(23)21-12-6-5-11-20(21)24(18)22;17-16-18-14(12-7-3-1-4-8-12)11-15(19-16)13-9-5-2-6-10-13/h1-25H;1-14H,15H2;1-11H. The lowest BCUT2D eigenvalue weighted by Crippen LogP contribution is -2.04. The molecule has 0 saturated carbocycles. The van der Waals surface area contributed by atoms with Crippen molar-refractivity contribution in [1.29, 1.82) is 0 Å². The maximum absolute atomic E-state index is 6.03. The predicted octanol–water partition coefficient (Wildman–Crippen LogP) is 21.5. The monoisotopic (exact) mass is 1130 g/mol. The van der Waals surface area contributed by atoms with Gasteiger partial charge in [0, 0.05) is 38.4 Å². The molecule has 3 heterocycles. The number of hydrogen-bond acceptors (Lipinski definition) is 4. The summed E-state index contributed by atoms with van der Waals surface area (Å²) in [7, 11) is 0. The van der Waals surface area contributed by atoms with Gasteiger partial charge in [-0.3, -0.25) is 4.57 Å². The van der Waals surface area contributed by atoms with Gasteiger partial charge in [0.2, 0.25) is 11.2 Å². The molecule has 0 fully saturated rings. The van der Waals surface area contributed by atoms with E-state index < -0.39 is 0 Å².